The van der Waals surface area contributed by atoms with Crippen LogP contribution in [0.15, 0.2) is 30.3 Å². The molecule has 1 aliphatic heterocycles. The van der Waals surface area contributed by atoms with E-state index in [2.05, 4.69) is 0 Å². The van der Waals surface area contributed by atoms with Crippen LogP contribution in [-0.2, 0) is 9.47 Å². The summed E-state index contributed by atoms with van der Waals surface area (Å²) in [6.45, 7) is 2.40. The summed E-state index contributed by atoms with van der Waals surface area (Å²) in [5.74, 6) is -0.274. The summed E-state index contributed by atoms with van der Waals surface area (Å²) in [6, 6.07) is 9.02. The van der Waals surface area contributed by atoms with Gasteiger partial charge in [0.2, 0.25) is 0 Å². The van der Waals surface area contributed by atoms with Crippen molar-refractivity contribution in [3.05, 3.63) is 35.9 Å². The van der Waals surface area contributed by atoms with Crippen LogP contribution in [0.1, 0.15) is 30.1 Å². The van der Waals surface area contributed by atoms with E-state index in [1.807, 2.05) is 25.1 Å². The lowest BCUT2D eigenvalue weighted by Crippen LogP contribution is -2.19. The molecule has 0 amide bonds. The smallest absolute Gasteiger partial charge is 0.338 e. The van der Waals surface area contributed by atoms with Crippen LogP contribution in [0.3, 0.4) is 0 Å². The monoisotopic (exact) mass is 220 g/mol. The third-order valence-electron chi connectivity index (χ3n) is 2.73. The first-order valence-corrected chi connectivity index (χ1v) is 5.63. The maximum atomic E-state index is 11.6. The average Bonchev–Trinajstić information content (AvgIpc) is 2.73. The summed E-state index contributed by atoms with van der Waals surface area (Å²) in [7, 11) is 0. The van der Waals surface area contributed by atoms with E-state index in [1.54, 1.807) is 12.1 Å². The molecule has 0 aromatic heterocycles. The molecular weight excluding hydrogens is 204 g/mol. The Labute approximate surface area is 95.4 Å². The standard InChI is InChI=1S/C13H16O3/c1-10-7-8-12(16-10)9-15-13(14)11-5-3-2-4-6-11/h2-6,10,12H,7-9H2,1H3/t10-,12-/m0/s1. The highest BCUT2D eigenvalue weighted by molar-refractivity contribution is 5.89. The zero-order chi connectivity index (χ0) is 11.4. The minimum atomic E-state index is -0.274. The molecular formula is C13H16O3. The van der Waals surface area contributed by atoms with Crippen LogP contribution < -0.4 is 0 Å². The van der Waals surface area contributed by atoms with Crippen molar-refractivity contribution < 1.29 is 14.3 Å². The summed E-state index contributed by atoms with van der Waals surface area (Å²) in [5.41, 5.74) is 0.591. The zero-order valence-electron chi connectivity index (χ0n) is 9.39. The second-order valence-corrected chi connectivity index (χ2v) is 4.11. The first-order valence-electron chi connectivity index (χ1n) is 5.63. The number of rotatable bonds is 3. The molecule has 1 fully saturated rings. The zero-order valence-corrected chi connectivity index (χ0v) is 9.39. The van der Waals surface area contributed by atoms with Crippen molar-refractivity contribution in [3.63, 3.8) is 0 Å². The van der Waals surface area contributed by atoms with Crippen LogP contribution in [0.4, 0.5) is 0 Å². The molecule has 3 heteroatoms. The Morgan fingerprint density at radius 3 is 2.75 bits per heavy atom. The normalized spacial score (nSPS) is 24.3. The van der Waals surface area contributed by atoms with Gasteiger partial charge in [-0.05, 0) is 31.9 Å². The molecule has 0 aliphatic carbocycles. The first-order chi connectivity index (χ1) is 7.75. The van der Waals surface area contributed by atoms with E-state index in [1.165, 1.54) is 0 Å². The fourth-order valence-electron chi connectivity index (χ4n) is 1.83. The summed E-state index contributed by atoms with van der Waals surface area (Å²) < 4.78 is 10.8. The Morgan fingerprint density at radius 2 is 2.12 bits per heavy atom. The van der Waals surface area contributed by atoms with Gasteiger partial charge in [0.15, 0.2) is 0 Å². The summed E-state index contributed by atoms with van der Waals surface area (Å²) >= 11 is 0. The van der Waals surface area contributed by atoms with Gasteiger partial charge in [-0.1, -0.05) is 18.2 Å². The van der Waals surface area contributed by atoms with E-state index in [4.69, 9.17) is 9.47 Å². The molecule has 2 rings (SSSR count). The molecule has 1 saturated heterocycles. The maximum Gasteiger partial charge on any atom is 0.338 e. The number of esters is 1. The van der Waals surface area contributed by atoms with Crippen molar-refractivity contribution in [3.8, 4) is 0 Å². The lowest BCUT2D eigenvalue weighted by Gasteiger charge is -2.11. The molecule has 0 unspecified atom stereocenters. The summed E-state index contributed by atoms with van der Waals surface area (Å²) in [6.07, 6.45) is 2.39. The Balaban J connectivity index is 1.80. The van der Waals surface area contributed by atoms with E-state index >= 15 is 0 Å². The molecule has 3 nitrogen and oxygen atoms in total. The van der Waals surface area contributed by atoms with Gasteiger partial charge in [0.1, 0.15) is 6.61 Å². The summed E-state index contributed by atoms with van der Waals surface area (Å²) in [5, 5.41) is 0. The van der Waals surface area contributed by atoms with Gasteiger partial charge in [-0.2, -0.15) is 0 Å². The largest absolute Gasteiger partial charge is 0.459 e. The minimum Gasteiger partial charge on any atom is -0.459 e. The van der Waals surface area contributed by atoms with Crippen LogP contribution in [0.5, 0.6) is 0 Å². The molecule has 0 radical (unpaired) electrons. The molecule has 16 heavy (non-hydrogen) atoms. The van der Waals surface area contributed by atoms with Crippen LogP contribution in [0.2, 0.25) is 0 Å². The maximum absolute atomic E-state index is 11.6. The van der Waals surface area contributed by atoms with Crippen molar-refractivity contribution in [2.45, 2.75) is 32.0 Å². The molecule has 0 bridgehead atoms. The number of ether oxygens (including phenoxy) is 2. The predicted molar refractivity (Wildman–Crippen MR) is 60.3 cm³/mol. The van der Waals surface area contributed by atoms with Crippen molar-refractivity contribution in [2.75, 3.05) is 6.61 Å². The highest BCUT2D eigenvalue weighted by Gasteiger charge is 2.23. The Bertz CT molecular complexity index is 347. The fourth-order valence-corrected chi connectivity index (χ4v) is 1.83. The molecule has 0 spiro atoms. The van der Waals surface area contributed by atoms with Crippen molar-refractivity contribution in [2.24, 2.45) is 0 Å². The van der Waals surface area contributed by atoms with Crippen molar-refractivity contribution in [1.82, 2.24) is 0 Å². The third-order valence-corrected chi connectivity index (χ3v) is 2.73. The topological polar surface area (TPSA) is 35.5 Å². The lowest BCUT2D eigenvalue weighted by atomic mass is 10.2. The number of carbonyl (C=O) groups is 1. The van der Waals surface area contributed by atoms with E-state index in [9.17, 15) is 4.79 Å². The van der Waals surface area contributed by atoms with Crippen LogP contribution in [-0.4, -0.2) is 24.8 Å². The number of benzene rings is 1. The van der Waals surface area contributed by atoms with E-state index in [-0.39, 0.29) is 12.1 Å². The van der Waals surface area contributed by atoms with Gasteiger partial charge in [0, 0.05) is 0 Å². The number of hydrogen-bond acceptors (Lipinski definition) is 3. The SMILES string of the molecule is C[C@H]1CC[C@@H](COC(=O)c2ccccc2)O1. The minimum absolute atomic E-state index is 0.0719. The van der Waals surface area contributed by atoms with E-state index in [0.717, 1.165) is 12.8 Å². The van der Waals surface area contributed by atoms with Gasteiger partial charge in [0.05, 0.1) is 17.8 Å². The molecule has 0 saturated carbocycles. The number of carbonyl (C=O) groups excluding carboxylic acids is 1. The van der Waals surface area contributed by atoms with Gasteiger partial charge in [-0.15, -0.1) is 0 Å². The van der Waals surface area contributed by atoms with Gasteiger partial charge < -0.3 is 9.47 Å². The Hall–Kier alpha value is -1.35. The fraction of sp³-hybridized carbons (Fsp3) is 0.462. The molecule has 2 atom stereocenters. The highest BCUT2D eigenvalue weighted by Crippen LogP contribution is 2.19. The molecule has 1 aliphatic rings. The highest BCUT2D eigenvalue weighted by atomic mass is 16.6. The second kappa shape index (κ2) is 5.12. The molecule has 1 heterocycles. The van der Waals surface area contributed by atoms with Gasteiger partial charge in [-0.3, -0.25) is 0 Å². The second-order valence-electron chi connectivity index (χ2n) is 4.11. The van der Waals surface area contributed by atoms with Gasteiger partial charge in [-0.25, -0.2) is 4.79 Å². The van der Waals surface area contributed by atoms with Crippen LogP contribution in [0.25, 0.3) is 0 Å². The lowest BCUT2D eigenvalue weighted by molar-refractivity contribution is -0.00265. The quantitative estimate of drug-likeness (QED) is 0.734. The van der Waals surface area contributed by atoms with E-state index in [0.29, 0.717) is 18.3 Å². The molecule has 1 aromatic carbocycles. The van der Waals surface area contributed by atoms with Gasteiger partial charge in [0.25, 0.3) is 0 Å². The third kappa shape index (κ3) is 2.83. The average molecular weight is 220 g/mol. The van der Waals surface area contributed by atoms with Crippen LogP contribution >= 0.6 is 0 Å². The Morgan fingerprint density at radius 1 is 1.38 bits per heavy atom. The number of hydrogen-bond donors (Lipinski definition) is 0. The molecule has 86 valence electrons. The van der Waals surface area contributed by atoms with Crippen LogP contribution in [0, 0.1) is 0 Å². The van der Waals surface area contributed by atoms with Crippen molar-refractivity contribution >= 4 is 5.97 Å². The van der Waals surface area contributed by atoms with E-state index < -0.39 is 0 Å². The van der Waals surface area contributed by atoms with Gasteiger partial charge >= 0.3 is 5.97 Å². The predicted octanol–water partition coefficient (Wildman–Crippen LogP) is 2.41. The summed E-state index contributed by atoms with van der Waals surface area (Å²) in [4.78, 5) is 11.6. The molecule has 0 N–H and O–H groups in total. The van der Waals surface area contributed by atoms with Crippen molar-refractivity contribution in [1.29, 1.82) is 0 Å². The Kier molecular flexibility index (Phi) is 3.57. The molecule has 1 aromatic rings. The first kappa shape index (κ1) is 11.1.